The van der Waals surface area contributed by atoms with Gasteiger partial charge in [-0.25, -0.2) is 4.79 Å². The van der Waals surface area contributed by atoms with Crippen molar-refractivity contribution in [3.05, 3.63) is 34.3 Å². The highest BCUT2D eigenvalue weighted by molar-refractivity contribution is 5.72. The summed E-state index contributed by atoms with van der Waals surface area (Å²) in [5.74, 6) is -0.0746. The van der Waals surface area contributed by atoms with Crippen LogP contribution in [0.5, 0.6) is 0 Å². The lowest BCUT2D eigenvalue weighted by molar-refractivity contribution is 0.210. The minimum absolute atomic E-state index is 0.0685. The number of benzene rings is 1. The Balaban J connectivity index is 2.09. The van der Waals surface area contributed by atoms with Crippen molar-refractivity contribution in [3.63, 3.8) is 0 Å². The second kappa shape index (κ2) is 5.37. The molecular weight excluding hydrogens is 232 g/mol. The van der Waals surface area contributed by atoms with Gasteiger partial charge in [0.05, 0.1) is 12.1 Å². The van der Waals surface area contributed by atoms with Crippen molar-refractivity contribution in [2.24, 2.45) is 5.92 Å². The number of H-pyrrole nitrogens is 1. The SMILES string of the molecule is CC(C)C(CO)NCc1ccc2[nH]c(=O)oc2c1. The van der Waals surface area contributed by atoms with Gasteiger partial charge in [0.15, 0.2) is 5.58 Å². The second-order valence-electron chi connectivity index (χ2n) is 4.76. The molecule has 98 valence electrons. The normalized spacial score (nSPS) is 13.3. The summed E-state index contributed by atoms with van der Waals surface area (Å²) in [4.78, 5) is 13.6. The van der Waals surface area contributed by atoms with Crippen molar-refractivity contribution >= 4 is 11.1 Å². The summed E-state index contributed by atoms with van der Waals surface area (Å²) >= 11 is 0. The summed E-state index contributed by atoms with van der Waals surface area (Å²) < 4.78 is 5.00. The molecule has 0 fully saturated rings. The number of aliphatic hydroxyl groups excluding tert-OH is 1. The molecule has 0 spiro atoms. The molecule has 5 nitrogen and oxygen atoms in total. The van der Waals surface area contributed by atoms with Crippen molar-refractivity contribution in [1.82, 2.24) is 10.3 Å². The molecule has 0 aliphatic heterocycles. The molecule has 0 radical (unpaired) electrons. The maximum Gasteiger partial charge on any atom is 0.417 e. The van der Waals surface area contributed by atoms with Crippen LogP contribution in [-0.2, 0) is 6.54 Å². The molecule has 0 aliphatic rings. The fourth-order valence-corrected chi connectivity index (χ4v) is 1.86. The minimum Gasteiger partial charge on any atom is -0.408 e. The summed E-state index contributed by atoms with van der Waals surface area (Å²) in [5.41, 5.74) is 2.28. The van der Waals surface area contributed by atoms with Gasteiger partial charge in [-0.3, -0.25) is 4.98 Å². The largest absolute Gasteiger partial charge is 0.417 e. The van der Waals surface area contributed by atoms with Crippen molar-refractivity contribution in [2.45, 2.75) is 26.4 Å². The van der Waals surface area contributed by atoms with Crippen LogP contribution in [0.25, 0.3) is 11.1 Å². The van der Waals surface area contributed by atoms with Gasteiger partial charge in [0.25, 0.3) is 0 Å². The van der Waals surface area contributed by atoms with Crippen LogP contribution in [-0.4, -0.2) is 22.7 Å². The maximum atomic E-state index is 11.0. The molecule has 18 heavy (non-hydrogen) atoms. The molecule has 0 amide bonds. The number of nitrogens with one attached hydrogen (secondary N) is 2. The van der Waals surface area contributed by atoms with Gasteiger partial charge in [-0.2, -0.15) is 0 Å². The summed E-state index contributed by atoms with van der Waals surface area (Å²) in [6.07, 6.45) is 0. The zero-order chi connectivity index (χ0) is 13.1. The Morgan fingerprint density at radius 1 is 1.44 bits per heavy atom. The van der Waals surface area contributed by atoms with Crippen LogP contribution in [0.15, 0.2) is 27.4 Å². The van der Waals surface area contributed by atoms with E-state index >= 15 is 0 Å². The predicted molar refractivity (Wildman–Crippen MR) is 69.4 cm³/mol. The quantitative estimate of drug-likeness (QED) is 0.745. The number of oxazole rings is 1. The number of hydrogen-bond donors (Lipinski definition) is 3. The highest BCUT2D eigenvalue weighted by Gasteiger charge is 2.11. The summed E-state index contributed by atoms with van der Waals surface area (Å²) in [6.45, 7) is 4.86. The first kappa shape index (κ1) is 12.9. The van der Waals surface area contributed by atoms with Crippen molar-refractivity contribution in [2.75, 3.05) is 6.61 Å². The summed E-state index contributed by atoms with van der Waals surface area (Å²) in [6, 6.07) is 5.64. The Labute approximate surface area is 105 Å². The van der Waals surface area contributed by atoms with E-state index in [4.69, 9.17) is 4.42 Å². The first-order valence-electron chi connectivity index (χ1n) is 6.06. The van der Waals surface area contributed by atoms with Crippen LogP contribution >= 0.6 is 0 Å². The maximum absolute atomic E-state index is 11.0. The van der Waals surface area contributed by atoms with Crippen LogP contribution in [0, 0.1) is 5.92 Å². The van der Waals surface area contributed by atoms with E-state index in [1.54, 1.807) is 0 Å². The van der Waals surface area contributed by atoms with Crippen molar-refractivity contribution in [1.29, 1.82) is 0 Å². The molecule has 5 heteroatoms. The van der Waals surface area contributed by atoms with E-state index in [0.29, 0.717) is 23.6 Å². The number of aromatic amines is 1. The van der Waals surface area contributed by atoms with Crippen LogP contribution in [0.2, 0.25) is 0 Å². The molecule has 3 N–H and O–H groups in total. The van der Waals surface area contributed by atoms with E-state index < -0.39 is 5.76 Å². The van der Waals surface area contributed by atoms with Gasteiger partial charge >= 0.3 is 5.76 Å². The van der Waals surface area contributed by atoms with Gasteiger partial charge in [0.1, 0.15) is 0 Å². The highest BCUT2D eigenvalue weighted by Crippen LogP contribution is 2.12. The number of aromatic nitrogens is 1. The van der Waals surface area contributed by atoms with Crippen LogP contribution in [0.1, 0.15) is 19.4 Å². The molecule has 1 aromatic heterocycles. The molecule has 1 unspecified atom stereocenters. The third-order valence-corrected chi connectivity index (χ3v) is 3.06. The number of aliphatic hydroxyl groups is 1. The predicted octanol–water partition coefficient (Wildman–Crippen LogP) is 1.23. The van der Waals surface area contributed by atoms with Crippen LogP contribution in [0.3, 0.4) is 0 Å². The third-order valence-electron chi connectivity index (χ3n) is 3.06. The first-order chi connectivity index (χ1) is 8.60. The Morgan fingerprint density at radius 3 is 2.89 bits per heavy atom. The first-order valence-corrected chi connectivity index (χ1v) is 6.06. The standard InChI is InChI=1S/C13H18N2O3/c1-8(2)11(7-16)14-6-9-3-4-10-12(5-9)18-13(17)15-10/h3-5,8,11,14,16H,6-7H2,1-2H3,(H,15,17). The molecule has 1 aromatic carbocycles. The van der Waals surface area contributed by atoms with E-state index in [1.807, 2.05) is 18.2 Å². The molecule has 0 bridgehead atoms. The average molecular weight is 250 g/mol. The van der Waals surface area contributed by atoms with Crippen LogP contribution in [0.4, 0.5) is 0 Å². The van der Waals surface area contributed by atoms with Gasteiger partial charge in [-0.05, 0) is 23.6 Å². The molecule has 0 saturated heterocycles. The third kappa shape index (κ3) is 2.80. The second-order valence-corrected chi connectivity index (χ2v) is 4.76. The number of rotatable bonds is 5. The summed E-state index contributed by atoms with van der Waals surface area (Å²) in [7, 11) is 0. The lowest BCUT2D eigenvalue weighted by Gasteiger charge is -2.19. The molecule has 1 atom stereocenters. The minimum atomic E-state index is -0.439. The van der Waals surface area contributed by atoms with Gasteiger partial charge in [-0.15, -0.1) is 0 Å². The molecule has 2 rings (SSSR count). The Morgan fingerprint density at radius 2 is 2.22 bits per heavy atom. The smallest absolute Gasteiger partial charge is 0.408 e. The highest BCUT2D eigenvalue weighted by atomic mass is 16.4. The monoisotopic (exact) mass is 250 g/mol. The Kier molecular flexibility index (Phi) is 3.84. The van der Waals surface area contributed by atoms with E-state index in [2.05, 4.69) is 24.1 Å². The van der Waals surface area contributed by atoms with E-state index in [-0.39, 0.29) is 12.6 Å². The Hall–Kier alpha value is -1.59. The van der Waals surface area contributed by atoms with Crippen LogP contribution < -0.4 is 11.1 Å². The van der Waals surface area contributed by atoms with Crippen molar-refractivity contribution in [3.8, 4) is 0 Å². The lowest BCUT2D eigenvalue weighted by Crippen LogP contribution is -2.36. The number of hydrogen-bond acceptors (Lipinski definition) is 4. The molecule has 1 heterocycles. The average Bonchev–Trinajstić information content (AvgIpc) is 2.68. The molecule has 0 aliphatic carbocycles. The molecule has 2 aromatic rings. The van der Waals surface area contributed by atoms with Gasteiger partial charge in [0, 0.05) is 12.6 Å². The lowest BCUT2D eigenvalue weighted by atomic mass is 10.1. The molecular formula is C13H18N2O3. The zero-order valence-corrected chi connectivity index (χ0v) is 10.6. The van der Waals surface area contributed by atoms with Gasteiger partial charge in [-0.1, -0.05) is 19.9 Å². The number of fused-ring (bicyclic) bond motifs is 1. The Bertz CT molecular complexity index is 571. The summed E-state index contributed by atoms with van der Waals surface area (Å²) in [5, 5.41) is 12.5. The van der Waals surface area contributed by atoms with Gasteiger partial charge < -0.3 is 14.8 Å². The fraction of sp³-hybridized carbons (Fsp3) is 0.462. The topological polar surface area (TPSA) is 78.3 Å². The van der Waals surface area contributed by atoms with Crippen molar-refractivity contribution < 1.29 is 9.52 Å². The fourth-order valence-electron chi connectivity index (χ4n) is 1.86. The zero-order valence-electron chi connectivity index (χ0n) is 10.6. The van der Waals surface area contributed by atoms with Gasteiger partial charge in [0.2, 0.25) is 0 Å². The molecule has 0 saturated carbocycles. The van der Waals surface area contributed by atoms with E-state index in [0.717, 1.165) is 5.56 Å². The van der Waals surface area contributed by atoms with E-state index in [1.165, 1.54) is 0 Å². The van der Waals surface area contributed by atoms with E-state index in [9.17, 15) is 9.90 Å².